The molecule has 18 heavy (non-hydrogen) atoms. The predicted molar refractivity (Wildman–Crippen MR) is 62.8 cm³/mol. The molecule has 1 N–H and O–H groups in total. The number of phenolic OH excluding ortho intramolecular Hbond substituents is 1. The van der Waals surface area contributed by atoms with Gasteiger partial charge in [-0.1, -0.05) is 6.07 Å². The van der Waals surface area contributed by atoms with Crippen LogP contribution in [0.2, 0.25) is 0 Å². The van der Waals surface area contributed by atoms with Crippen LogP contribution in [0.15, 0.2) is 12.1 Å². The van der Waals surface area contributed by atoms with Crippen molar-refractivity contribution in [3.8, 4) is 5.75 Å². The quantitative estimate of drug-likeness (QED) is 0.819. The van der Waals surface area contributed by atoms with Crippen LogP contribution in [0.5, 0.6) is 5.75 Å². The molecule has 1 aromatic rings. The minimum atomic E-state index is -0.559. The molecule has 1 aromatic carbocycles. The summed E-state index contributed by atoms with van der Waals surface area (Å²) in [6, 6.07) is 3.14. The maximum atomic E-state index is 14.1. The third-order valence-electron chi connectivity index (χ3n) is 4.19. The molecule has 1 spiro atoms. The average molecular weight is 250 g/mol. The van der Waals surface area contributed by atoms with Gasteiger partial charge in [-0.2, -0.15) is 0 Å². The second-order valence-corrected chi connectivity index (χ2v) is 5.10. The van der Waals surface area contributed by atoms with E-state index >= 15 is 0 Å². The van der Waals surface area contributed by atoms with Crippen LogP contribution in [0.25, 0.3) is 0 Å². The van der Waals surface area contributed by atoms with Gasteiger partial charge >= 0.3 is 5.97 Å². The van der Waals surface area contributed by atoms with E-state index in [0.717, 1.165) is 18.4 Å². The second kappa shape index (κ2) is 3.70. The number of rotatable bonds is 2. The number of esters is 1. The minimum Gasteiger partial charge on any atom is -0.505 e. The lowest BCUT2D eigenvalue weighted by molar-refractivity contribution is -0.145. The van der Waals surface area contributed by atoms with E-state index in [0.29, 0.717) is 18.6 Å². The van der Waals surface area contributed by atoms with Gasteiger partial charge in [-0.25, -0.2) is 4.39 Å². The van der Waals surface area contributed by atoms with Crippen LogP contribution < -0.4 is 0 Å². The first-order valence-corrected chi connectivity index (χ1v) is 6.27. The van der Waals surface area contributed by atoms with E-state index in [2.05, 4.69) is 0 Å². The van der Waals surface area contributed by atoms with Crippen molar-refractivity contribution in [3.05, 3.63) is 29.1 Å². The van der Waals surface area contributed by atoms with Crippen molar-refractivity contribution in [2.75, 3.05) is 6.61 Å². The lowest BCUT2D eigenvalue weighted by Gasteiger charge is -2.12. The molecule has 2 aliphatic carbocycles. The molecule has 1 saturated carbocycles. The van der Waals surface area contributed by atoms with Crippen LogP contribution >= 0.6 is 0 Å². The molecule has 2 atom stereocenters. The number of ether oxygens (including phenoxy) is 1. The summed E-state index contributed by atoms with van der Waals surface area (Å²) >= 11 is 0. The highest BCUT2D eigenvalue weighted by molar-refractivity contribution is 5.80. The molecule has 0 amide bonds. The Morgan fingerprint density at radius 3 is 3.11 bits per heavy atom. The van der Waals surface area contributed by atoms with Crippen LogP contribution in [-0.4, -0.2) is 17.7 Å². The summed E-state index contributed by atoms with van der Waals surface area (Å²) in [7, 11) is 0. The third kappa shape index (κ3) is 1.38. The zero-order valence-corrected chi connectivity index (χ0v) is 10.2. The summed E-state index contributed by atoms with van der Waals surface area (Å²) in [4.78, 5) is 11.8. The van der Waals surface area contributed by atoms with Crippen molar-refractivity contribution in [3.63, 3.8) is 0 Å². The largest absolute Gasteiger partial charge is 0.505 e. The molecule has 0 bridgehead atoms. The summed E-state index contributed by atoms with van der Waals surface area (Å²) in [6.45, 7) is 2.11. The summed E-state index contributed by atoms with van der Waals surface area (Å²) in [5.74, 6) is -1.37. The average Bonchev–Trinajstić information content (AvgIpc) is 2.94. The van der Waals surface area contributed by atoms with Gasteiger partial charge in [0.1, 0.15) is 0 Å². The van der Waals surface area contributed by atoms with Crippen LogP contribution in [0, 0.1) is 11.7 Å². The van der Waals surface area contributed by atoms with Crippen LogP contribution in [0.3, 0.4) is 0 Å². The Bertz CT molecular complexity index is 526. The Labute approximate surface area is 105 Å². The highest BCUT2D eigenvalue weighted by Gasteiger charge is 2.63. The molecule has 3 nitrogen and oxygen atoms in total. The van der Waals surface area contributed by atoms with Crippen molar-refractivity contribution in [2.45, 2.75) is 31.6 Å². The van der Waals surface area contributed by atoms with Gasteiger partial charge in [0.05, 0.1) is 12.5 Å². The number of phenols is 1. The molecule has 0 saturated heterocycles. The molecular weight excluding hydrogens is 235 g/mol. The van der Waals surface area contributed by atoms with Crippen LogP contribution in [0.1, 0.15) is 30.9 Å². The Morgan fingerprint density at radius 1 is 1.61 bits per heavy atom. The van der Waals surface area contributed by atoms with Gasteiger partial charge in [-0.05, 0) is 37.8 Å². The lowest BCUT2D eigenvalue weighted by atomic mass is 9.94. The van der Waals surface area contributed by atoms with E-state index in [4.69, 9.17) is 4.74 Å². The summed E-state index contributed by atoms with van der Waals surface area (Å²) in [6.07, 6.45) is 2.17. The van der Waals surface area contributed by atoms with Crippen molar-refractivity contribution < 1.29 is 19.0 Å². The Hall–Kier alpha value is -1.58. The Kier molecular flexibility index (Phi) is 2.37. The maximum absolute atomic E-state index is 14.1. The van der Waals surface area contributed by atoms with E-state index in [1.807, 2.05) is 0 Å². The first-order chi connectivity index (χ1) is 8.60. The fraction of sp³-hybridized carbons (Fsp3) is 0.500. The third-order valence-corrected chi connectivity index (χ3v) is 4.19. The van der Waals surface area contributed by atoms with Gasteiger partial charge in [0.2, 0.25) is 0 Å². The Morgan fingerprint density at radius 2 is 2.39 bits per heavy atom. The number of aryl methyl sites for hydroxylation is 1. The van der Waals surface area contributed by atoms with Crippen LogP contribution in [-0.2, 0) is 21.4 Å². The van der Waals surface area contributed by atoms with Gasteiger partial charge in [0.25, 0.3) is 0 Å². The lowest BCUT2D eigenvalue weighted by Crippen LogP contribution is -2.16. The van der Waals surface area contributed by atoms with E-state index in [9.17, 15) is 14.3 Å². The topological polar surface area (TPSA) is 46.5 Å². The zero-order valence-electron chi connectivity index (χ0n) is 10.2. The monoisotopic (exact) mass is 250 g/mol. The minimum absolute atomic E-state index is 0.241. The molecule has 0 aliphatic heterocycles. The van der Waals surface area contributed by atoms with Gasteiger partial charge < -0.3 is 9.84 Å². The van der Waals surface area contributed by atoms with Crippen molar-refractivity contribution in [1.29, 1.82) is 0 Å². The number of halogens is 1. The highest BCUT2D eigenvalue weighted by atomic mass is 19.1. The molecule has 2 aliphatic rings. The molecule has 3 rings (SSSR count). The molecule has 0 aromatic heterocycles. The molecular formula is C14H15FO3. The van der Waals surface area contributed by atoms with E-state index < -0.39 is 11.2 Å². The fourth-order valence-electron chi connectivity index (χ4n) is 3.24. The zero-order chi connectivity index (χ0) is 12.9. The van der Waals surface area contributed by atoms with Gasteiger partial charge in [-0.3, -0.25) is 4.79 Å². The standard InChI is InChI=1S/C14H15FO3/c1-2-18-13(17)9-7-14(9)6-5-8-3-4-10(16)12(15)11(8)14/h3-4,9,16H,2,5-7H2,1H3/t9-,14+/m0/s1. The van der Waals surface area contributed by atoms with Gasteiger partial charge in [0.15, 0.2) is 11.6 Å². The number of fused-ring (bicyclic) bond motifs is 2. The number of benzene rings is 1. The number of hydrogen-bond donors (Lipinski definition) is 1. The SMILES string of the molecule is CCOC(=O)[C@@H]1C[C@]12CCc1ccc(O)c(F)c12. The van der Waals surface area contributed by atoms with Gasteiger partial charge in [-0.15, -0.1) is 0 Å². The molecule has 4 heteroatoms. The number of aromatic hydroxyl groups is 1. The molecule has 0 unspecified atom stereocenters. The summed E-state index contributed by atoms with van der Waals surface area (Å²) in [5.41, 5.74) is 1.04. The first-order valence-electron chi connectivity index (χ1n) is 6.27. The second-order valence-electron chi connectivity index (χ2n) is 5.10. The number of hydrogen-bond acceptors (Lipinski definition) is 3. The normalized spacial score (nSPS) is 28.2. The molecule has 1 fully saturated rings. The van der Waals surface area contributed by atoms with Crippen LogP contribution in [0.4, 0.5) is 4.39 Å². The van der Waals surface area contributed by atoms with Crippen molar-refractivity contribution in [1.82, 2.24) is 0 Å². The molecule has 0 radical (unpaired) electrons. The summed E-state index contributed by atoms with van der Waals surface area (Å²) < 4.78 is 19.1. The Balaban J connectivity index is 1.97. The first kappa shape index (κ1) is 11.5. The highest BCUT2D eigenvalue weighted by Crippen LogP contribution is 2.63. The molecule has 0 heterocycles. The molecule has 96 valence electrons. The fourth-order valence-corrected chi connectivity index (χ4v) is 3.24. The maximum Gasteiger partial charge on any atom is 0.309 e. The van der Waals surface area contributed by atoms with E-state index in [-0.39, 0.29) is 17.6 Å². The van der Waals surface area contributed by atoms with Gasteiger partial charge in [0, 0.05) is 11.0 Å². The van der Waals surface area contributed by atoms with Crippen molar-refractivity contribution >= 4 is 5.97 Å². The number of carbonyl (C=O) groups is 1. The van der Waals surface area contributed by atoms with Crippen molar-refractivity contribution in [2.24, 2.45) is 5.92 Å². The van der Waals surface area contributed by atoms with E-state index in [1.54, 1.807) is 13.0 Å². The smallest absolute Gasteiger partial charge is 0.309 e. The van der Waals surface area contributed by atoms with E-state index in [1.165, 1.54) is 6.07 Å². The number of carbonyl (C=O) groups excluding carboxylic acids is 1. The summed E-state index contributed by atoms with van der Waals surface area (Å²) in [5, 5.41) is 9.48. The predicted octanol–water partition coefficient (Wildman–Crippen LogP) is 2.30.